The molecule has 0 radical (unpaired) electrons. The van der Waals surface area contributed by atoms with Gasteiger partial charge in [0, 0.05) is 12.4 Å². The van der Waals surface area contributed by atoms with E-state index in [-0.39, 0.29) is 0 Å². The van der Waals surface area contributed by atoms with Gasteiger partial charge in [0.1, 0.15) is 0 Å². The van der Waals surface area contributed by atoms with Crippen LogP contribution in [-0.4, -0.2) is 16.7 Å². The Bertz CT molecular complexity index is 658. The van der Waals surface area contributed by atoms with E-state index in [2.05, 4.69) is 27.8 Å². The molecule has 0 aliphatic heterocycles. The van der Waals surface area contributed by atoms with Gasteiger partial charge in [0.2, 0.25) is 0 Å². The summed E-state index contributed by atoms with van der Waals surface area (Å²) in [6.07, 6.45) is 5.54. The van der Waals surface area contributed by atoms with Gasteiger partial charge in [-0.1, -0.05) is 18.2 Å². The second-order valence-electron chi connectivity index (χ2n) is 3.79. The molecule has 0 saturated carbocycles. The van der Waals surface area contributed by atoms with E-state index in [1.807, 2.05) is 24.4 Å². The van der Waals surface area contributed by atoms with Gasteiger partial charge in [-0.2, -0.15) is 0 Å². The molecule has 0 spiro atoms. The zero-order chi connectivity index (χ0) is 11.7. The first kappa shape index (κ1) is 9.90. The van der Waals surface area contributed by atoms with Crippen LogP contribution in [0.15, 0.2) is 55.0 Å². The molecule has 0 fully saturated rings. The Morgan fingerprint density at radius 3 is 2.88 bits per heavy atom. The number of hydrogen-bond acceptors (Lipinski definition) is 2. The molecule has 0 atom stereocenters. The second-order valence-corrected chi connectivity index (χ2v) is 3.79. The third-order valence-electron chi connectivity index (χ3n) is 2.84. The van der Waals surface area contributed by atoms with Crippen LogP contribution in [0.4, 0.5) is 0 Å². The smallest absolute Gasteiger partial charge is 0.161 e. The maximum atomic E-state index is 5.33. The molecule has 2 aromatic heterocycles. The molecule has 3 nitrogen and oxygen atoms in total. The van der Waals surface area contributed by atoms with Crippen LogP contribution in [-0.2, 0) is 0 Å². The molecule has 0 bridgehead atoms. The summed E-state index contributed by atoms with van der Waals surface area (Å²) in [5.74, 6) is 0.772. The number of pyridine rings is 1. The summed E-state index contributed by atoms with van der Waals surface area (Å²) in [7, 11) is 1.66. The molecule has 1 aromatic carbocycles. The molecule has 0 unspecified atom stereocenters. The fourth-order valence-corrected chi connectivity index (χ4v) is 2.02. The Kier molecular flexibility index (Phi) is 2.29. The van der Waals surface area contributed by atoms with Crippen LogP contribution in [0.5, 0.6) is 5.75 Å². The standard InChI is InChI=1S/C14H12N2O/c1-17-14-10-15-8-6-13(14)16-9-7-11-4-2-3-5-12(11)16/h2-10H,1H3. The van der Waals surface area contributed by atoms with Gasteiger partial charge in [0.25, 0.3) is 0 Å². The Hall–Kier alpha value is -2.29. The van der Waals surface area contributed by atoms with Crippen LogP contribution in [0.1, 0.15) is 0 Å². The van der Waals surface area contributed by atoms with Crippen molar-refractivity contribution < 1.29 is 4.74 Å². The van der Waals surface area contributed by atoms with Crippen molar-refractivity contribution in [2.24, 2.45) is 0 Å². The molecule has 3 rings (SSSR count). The summed E-state index contributed by atoms with van der Waals surface area (Å²) in [5.41, 5.74) is 2.17. The number of methoxy groups -OCH3 is 1. The van der Waals surface area contributed by atoms with Gasteiger partial charge >= 0.3 is 0 Å². The molecular weight excluding hydrogens is 212 g/mol. The molecule has 3 heteroatoms. The Morgan fingerprint density at radius 2 is 2.00 bits per heavy atom. The van der Waals surface area contributed by atoms with Crippen molar-refractivity contribution in [3.05, 3.63) is 55.0 Å². The van der Waals surface area contributed by atoms with E-state index in [1.54, 1.807) is 19.5 Å². The average molecular weight is 224 g/mol. The van der Waals surface area contributed by atoms with Gasteiger partial charge in [-0.25, -0.2) is 0 Å². The first-order valence-corrected chi connectivity index (χ1v) is 5.44. The van der Waals surface area contributed by atoms with Gasteiger partial charge in [0.05, 0.1) is 24.5 Å². The maximum Gasteiger partial charge on any atom is 0.161 e. The topological polar surface area (TPSA) is 27.1 Å². The maximum absolute atomic E-state index is 5.33. The Labute approximate surface area is 99.3 Å². The quantitative estimate of drug-likeness (QED) is 0.669. The van der Waals surface area contributed by atoms with Crippen molar-refractivity contribution in [1.29, 1.82) is 0 Å². The number of hydrogen-bond donors (Lipinski definition) is 0. The van der Waals surface area contributed by atoms with E-state index in [1.165, 1.54) is 5.39 Å². The highest BCUT2D eigenvalue weighted by Gasteiger charge is 2.07. The van der Waals surface area contributed by atoms with Crippen LogP contribution in [0.25, 0.3) is 16.6 Å². The summed E-state index contributed by atoms with van der Waals surface area (Å²) < 4.78 is 7.44. The third kappa shape index (κ3) is 1.56. The normalized spacial score (nSPS) is 10.6. The Balaban J connectivity index is 2.27. The molecule has 17 heavy (non-hydrogen) atoms. The predicted octanol–water partition coefficient (Wildman–Crippen LogP) is 3.03. The van der Waals surface area contributed by atoms with Gasteiger partial charge in [-0.15, -0.1) is 0 Å². The molecule has 0 saturated heterocycles. The molecule has 0 amide bonds. The van der Waals surface area contributed by atoms with Crippen LogP contribution in [0, 0.1) is 0 Å². The zero-order valence-corrected chi connectivity index (χ0v) is 9.50. The predicted molar refractivity (Wildman–Crippen MR) is 67.6 cm³/mol. The molecule has 84 valence electrons. The minimum absolute atomic E-state index is 0.772. The van der Waals surface area contributed by atoms with E-state index < -0.39 is 0 Å². The van der Waals surface area contributed by atoms with Crippen molar-refractivity contribution in [1.82, 2.24) is 9.55 Å². The minimum atomic E-state index is 0.772. The number of rotatable bonds is 2. The molecule has 0 N–H and O–H groups in total. The van der Waals surface area contributed by atoms with E-state index in [9.17, 15) is 0 Å². The number of ether oxygens (including phenoxy) is 1. The number of aromatic nitrogens is 2. The highest BCUT2D eigenvalue weighted by atomic mass is 16.5. The largest absolute Gasteiger partial charge is 0.493 e. The third-order valence-corrected chi connectivity index (χ3v) is 2.84. The van der Waals surface area contributed by atoms with Crippen LogP contribution in [0.3, 0.4) is 0 Å². The monoisotopic (exact) mass is 224 g/mol. The van der Waals surface area contributed by atoms with Crippen LogP contribution in [0.2, 0.25) is 0 Å². The van der Waals surface area contributed by atoms with Crippen molar-refractivity contribution in [2.75, 3.05) is 7.11 Å². The number of fused-ring (bicyclic) bond motifs is 1. The molecule has 0 aliphatic carbocycles. The lowest BCUT2D eigenvalue weighted by molar-refractivity contribution is 0.411. The summed E-state index contributed by atoms with van der Waals surface area (Å²) in [6.45, 7) is 0. The zero-order valence-electron chi connectivity index (χ0n) is 9.50. The second kappa shape index (κ2) is 3.94. The van der Waals surface area contributed by atoms with E-state index in [0.29, 0.717) is 0 Å². The first-order chi connectivity index (χ1) is 8.40. The molecule has 3 aromatic rings. The van der Waals surface area contributed by atoms with Crippen molar-refractivity contribution in [3.63, 3.8) is 0 Å². The van der Waals surface area contributed by atoms with Crippen LogP contribution >= 0.6 is 0 Å². The van der Waals surface area contributed by atoms with Crippen molar-refractivity contribution in [3.8, 4) is 11.4 Å². The minimum Gasteiger partial charge on any atom is -0.493 e. The average Bonchev–Trinajstić information content (AvgIpc) is 2.82. The lowest BCUT2D eigenvalue weighted by Gasteiger charge is -2.09. The summed E-state index contributed by atoms with van der Waals surface area (Å²) >= 11 is 0. The molecular formula is C14H12N2O. The van der Waals surface area contributed by atoms with Crippen molar-refractivity contribution >= 4 is 10.9 Å². The molecule has 2 heterocycles. The van der Waals surface area contributed by atoms with Crippen LogP contribution < -0.4 is 4.74 Å². The highest BCUT2D eigenvalue weighted by Crippen LogP contribution is 2.26. The van der Waals surface area contributed by atoms with Gasteiger partial charge in [-0.3, -0.25) is 4.98 Å². The summed E-state index contributed by atoms with van der Waals surface area (Å²) in [6, 6.07) is 12.3. The van der Waals surface area contributed by atoms with E-state index in [4.69, 9.17) is 4.74 Å². The summed E-state index contributed by atoms with van der Waals surface area (Å²) in [5, 5.41) is 1.21. The van der Waals surface area contributed by atoms with Gasteiger partial charge in [0.15, 0.2) is 5.75 Å². The number of para-hydroxylation sites is 1. The highest BCUT2D eigenvalue weighted by molar-refractivity contribution is 5.82. The van der Waals surface area contributed by atoms with E-state index in [0.717, 1.165) is 17.0 Å². The van der Waals surface area contributed by atoms with Crippen molar-refractivity contribution in [2.45, 2.75) is 0 Å². The fraction of sp³-hybridized carbons (Fsp3) is 0.0714. The Morgan fingerprint density at radius 1 is 1.12 bits per heavy atom. The fourth-order valence-electron chi connectivity index (χ4n) is 2.02. The lowest BCUT2D eigenvalue weighted by atomic mass is 10.2. The number of nitrogens with zero attached hydrogens (tertiary/aromatic N) is 2. The SMILES string of the molecule is COc1cnccc1-n1ccc2ccccc21. The first-order valence-electron chi connectivity index (χ1n) is 5.44. The lowest BCUT2D eigenvalue weighted by Crippen LogP contribution is -1.96. The summed E-state index contributed by atoms with van der Waals surface area (Å²) in [4.78, 5) is 4.07. The van der Waals surface area contributed by atoms with Gasteiger partial charge < -0.3 is 9.30 Å². The van der Waals surface area contributed by atoms with Gasteiger partial charge in [-0.05, 0) is 23.6 Å². The number of benzene rings is 1. The molecule has 0 aliphatic rings. The van der Waals surface area contributed by atoms with E-state index >= 15 is 0 Å².